The van der Waals surface area contributed by atoms with E-state index < -0.39 is 0 Å². The molecule has 0 saturated heterocycles. The maximum absolute atomic E-state index is 3.42. The van der Waals surface area contributed by atoms with Crippen molar-refractivity contribution in [2.45, 2.75) is 39.7 Å². The molecule has 17 heavy (non-hydrogen) atoms. The molecule has 96 valence electrons. The van der Waals surface area contributed by atoms with E-state index in [2.05, 4.69) is 63.1 Å². The summed E-state index contributed by atoms with van der Waals surface area (Å²) in [6.45, 7) is 6.61. The maximum atomic E-state index is 3.42. The number of benzene rings is 1. The Hall–Kier alpha value is -0.470. The number of unbranched alkanes of at least 4 members (excludes halogenated alkanes) is 1. The van der Waals surface area contributed by atoms with Crippen LogP contribution in [0.2, 0.25) is 0 Å². The van der Waals surface area contributed by atoms with Crippen LogP contribution in [-0.2, 0) is 0 Å². The lowest BCUT2D eigenvalue weighted by molar-refractivity contribution is 0.660. The van der Waals surface area contributed by atoms with E-state index in [-0.39, 0.29) is 0 Å². The van der Waals surface area contributed by atoms with Crippen molar-refractivity contribution in [3.05, 3.63) is 34.9 Å². The Labute approximate surface area is 110 Å². The fourth-order valence-corrected chi connectivity index (χ4v) is 3.03. The number of nitrogens with one attached hydrogen (secondary N) is 1. The molecule has 2 heteroatoms. The summed E-state index contributed by atoms with van der Waals surface area (Å²) >= 11 is 2.05. The third-order valence-corrected chi connectivity index (χ3v) is 4.35. The number of aryl methyl sites for hydroxylation is 2. The maximum Gasteiger partial charge on any atom is 0.0409 e. The van der Waals surface area contributed by atoms with E-state index in [1.807, 2.05) is 0 Å². The first kappa shape index (κ1) is 14.6. The highest BCUT2D eigenvalue weighted by molar-refractivity contribution is 7.99. The summed E-state index contributed by atoms with van der Waals surface area (Å²) in [6, 6.07) is 7.28. The van der Waals surface area contributed by atoms with Crippen LogP contribution in [-0.4, -0.2) is 18.6 Å². The van der Waals surface area contributed by atoms with Crippen molar-refractivity contribution >= 4 is 11.8 Å². The van der Waals surface area contributed by atoms with Crippen LogP contribution in [0.5, 0.6) is 0 Å². The molecule has 0 saturated carbocycles. The second kappa shape index (κ2) is 7.78. The Balaban J connectivity index is 2.56. The predicted octanol–water partition coefficient (Wildman–Crippen LogP) is 4.10. The van der Waals surface area contributed by atoms with Gasteiger partial charge in [-0.2, -0.15) is 11.8 Å². The number of hydrogen-bond acceptors (Lipinski definition) is 2. The summed E-state index contributed by atoms with van der Waals surface area (Å²) in [5, 5.41) is 3.42. The average molecular weight is 251 g/mol. The fourth-order valence-electron chi connectivity index (χ4n) is 1.78. The molecule has 1 unspecified atom stereocenters. The number of hydrogen-bond donors (Lipinski definition) is 1. The van der Waals surface area contributed by atoms with Crippen molar-refractivity contribution in [3.63, 3.8) is 0 Å². The van der Waals surface area contributed by atoms with Crippen LogP contribution in [0, 0.1) is 13.8 Å². The second-order valence-electron chi connectivity index (χ2n) is 4.61. The molecule has 0 heterocycles. The molecule has 0 aliphatic heterocycles. The molecule has 0 radical (unpaired) electrons. The summed E-state index contributed by atoms with van der Waals surface area (Å²) in [5.41, 5.74) is 4.18. The van der Waals surface area contributed by atoms with Gasteiger partial charge in [-0.25, -0.2) is 0 Å². The van der Waals surface area contributed by atoms with Crippen LogP contribution in [0.1, 0.15) is 42.5 Å². The monoisotopic (exact) mass is 251 g/mol. The van der Waals surface area contributed by atoms with Crippen molar-refractivity contribution in [3.8, 4) is 0 Å². The van der Waals surface area contributed by atoms with Gasteiger partial charge in [-0.15, -0.1) is 0 Å². The summed E-state index contributed by atoms with van der Waals surface area (Å²) in [5.74, 6) is 2.44. The first-order chi connectivity index (χ1) is 8.19. The minimum atomic E-state index is 0.483. The fraction of sp³-hybridized carbons (Fsp3) is 0.600. The number of rotatable bonds is 7. The van der Waals surface area contributed by atoms with Gasteiger partial charge in [0, 0.05) is 11.8 Å². The lowest BCUT2D eigenvalue weighted by Gasteiger charge is -2.17. The standard InChI is InChI=1S/C15H25NS/c1-5-6-9-17-11-15(16-4)14-8-7-12(2)13(3)10-14/h7-8,10,15-16H,5-6,9,11H2,1-4H3. The first-order valence-electron chi connectivity index (χ1n) is 6.51. The Kier molecular flexibility index (Phi) is 6.68. The molecule has 0 aliphatic rings. The Bertz CT molecular complexity index is 336. The van der Waals surface area contributed by atoms with Crippen molar-refractivity contribution in [2.75, 3.05) is 18.6 Å². The molecule has 0 aromatic heterocycles. The third kappa shape index (κ3) is 4.72. The van der Waals surface area contributed by atoms with E-state index in [0.29, 0.717) is 6.04 Å². The molecule has 1 rings (SSSR count). The summed E-state index contributed by atoms with van der Waals surface area (Å²) in [7, 11) is 2.06. The zero-order valence-electron chi connectivity index (χ0n) is 11.5. The molecule has 0 spiro atoms. The SMILES string of the molecule is CCCCSCC(NC)c1ccc(C)c(C)c1. The van der Waals surface area contributed by atoms with E-state index >= 15 is 0 Å². The van der Waals surface area contributed by atoms with Crippen LogP contribution < -0.4 is 5.32 Å². The summed E-state index contributed by atoms with van der Waals surface area (Å²) in [6.07, 6.45) is 2.62. The molecule has 1 N–H and O–H groups in total. The van der Waals surface area contributed by atoms with Gasteiger partial charge < -0.3 is 5.32 Å². The first-order valence-corrected chi connectivity index (χ1v) is 7.66. The summed E-state index contributed by atoms with van der Waals surface area (Å²) < 4.78 is 0. The molecule has 0 bridgehead atoms. The predicted molar refractivity (Wildman–Crippen MR) is 79.9 cm³/mol. The van der Waals surface area contributed by atoms with Gasteiger partial charge in [0.25, 0.3) is 0 Å². The van der Waals surface area contributed by atoms with E-state index in [1.165, 1.54) is 41.0 Å². The minimum Gasteiger partial charge on any atom is -0.312 e. The third-order valence-electron chi connectivity index (χ3n) is 3.21. The lowest BCUT2D eigenvalue weighted by Crippen LogP contribution is -2.19. The molecule has 1 nitrogen and oxygen atoms in total. The van der Waals surface area contributed by atoms with Crippen molar-refractivity contribution in [2.24, 2.45) is 0 Å². The topological polar surface area (TPSA) is 12.0 Å². The molecule has 0 fully saturated rings. The van der Waals surface area contributed by atoms with Gasteiger partial charge in [-0.1, -0.05) is 31.5 Å². The van der Waals surface area contributed by atoms with Crippen molar-refractivity contribution in [1.29, 1.82) is 0 Å². The zero-order chi connectivity index (χ0) is 12.7. The number of thioether (sulfide) groups is 1. The van der Waals surface area contributed by atoms with Crippen LogP contribution in [0.15, 0.2) is 18.2 Å². The van der Waals surface area contributed by atoms with E-state index in [4.69, 9.17) is 0 Å². The molecule has 0 amide bonds. The minimum absolute atomic E-state index is 0.483. The Morgan fingerprint density at radius 3 is 2.59 bits per heavy atom. The molecule has 0 aliphatic carbocycles. The Morgan fingerprint density at radius 1 is 1.24 bits per heavy atom. The Morgan fingerprint density at radius 2 is 2.00 bits per heavy atom. The highest BCUT2D eigenvalue weighted by Crippen LogP contribution is 2.21. The lowest BCUT2D eigenvalue weighted by atomic mass is 10.0. The van der Waals surface area contributed by atoms with Gasteiger partial charge in [0.05, 0.1) is 0 Å². The quantitative estimate of drug-likeness (QED) is 0.732. The summed E-state index contributed by atoms with van der Waals surface area (Å²) in [4.78, 5) is 0. The highest BCUT2D eigenvalue weighted by Gasteiger charge is 2.09. The zero-order valence-corrected chi connectivity index (χ0v) is 12.4. The van der Waals surface area contributed by atoms with Crippen LogP contribution in [0.4, 0.5) is 0 Å². The molecule has 1 aromatic carbocycles. The van der Waals surface area contributed by atoms with Gasteiger partial charge in [0.15, 0.2) is 0 Å². The molecular weight excluding hydrogens is 226 g/mol. The van der Waals surface area contributed by atoms with E-state index in [9.17, 15) is 0 Å². The van der Waals surface area contributed by atoms with Crippen LogP contribution in [0.3, 0.4) is 0 Å². The van der Waals surface area contributed by atoms with Gasteiger partial charge in [0.1, 0.15) is 0 Å². The average Bonchev–Trinajstić information content (AvgIpc) is 2.33. The second-order valence-corrected chi connectivity index (χ2v) is 5.76. The van der Waals surface area contributed by atoms with Crippen LogP contribution in [0.25, 0.3) is 0 Å². The van der Waals surface area contributed by atoms with Gasteiger partial charge in [-0.05, 0) is 49.8 Å². The van der Waals surface area contributed by atoms with Crippen LogP contribution >= 0.6 is 11.8 Å². The smallest absolute Gasteiger partial charge is 0.0409 e. The van der Waals surface area contributed by atoms with Gasteiger partial charge in [-0.3, -0.25) is 0 Å². The molecule has 1 aromatic rings. The normalized spacial score (nSPS) is 12.7. The van der Waals surface area contributed by atoms with E-state index in [0.717, 1.165) is 0 Å². The van der Waals surface area contributed by atoms with Crippen molar-refractivity contribution < 1.29 is 0 Å². The van der Waals surface area contributed by atoms with Gasteiger partial charge in [0.2, 0.25) is 0 Å². The molecule has 1 atom stereocenters. The largest absolute Gasteiger partial charge is 0.312 e. The van der Waals surface area contributed by atoms with E-state index in [1.54, 1.807) is 0 Å². The highest BCUT2D eigenvalue weighted by atomic mass is 32.2. The molecular formula is C15H25NS. The van der Waals surface area contributed by atoms with Crippen molar-refractivity contribution in [1.82, 2.24) is 5.32 Å². The van der Waals surface area contributed by atoms with Gasteiger partial charge >= 0.3 is 0 Å².